The summed E-state index contributed by atoms with van der Waals surface area (Å²) in [6.45, 7) is 4.02. The zero-order chi connectivity index (χ0) is 24.0. The Hall–Kier alpha value is -3.31. The molecule has 0 unspecified atom stereocenters. The zero-order valence-corrected chi connectivity index (χ0v) is 18.6. The normalized spacial score (nSPS) is 29.6. The van der Waals surface area contributed by atoms with Gasteiger partial charge in [0, 0.05) is 19.7 Å². The van der Waals surface area contributed by atoms with E-state index < -0.39 is 41.5 Å². The number of carbonyl (C=O) groups excluding carboxylic acids is 2. The van der Waals surface area contributed by atoms with Crippen molar-refractivity contribution >= 4 is 28.8 Å². The fraction of sp³-hybridized carbons (Fsp3) is 0.522. The summed E-state index contributed by atoms with van der Waals surface area (Å²) in [7, 11) is 0. The minimum absolute atomic E-state index is 0.0798. The van der Waals surface area contributed by atoms with Crippen LogP contribution in [-0.2, 0) is 25.8 Å². The van der Waals surface area contributed by atoms with Gasteiger partial charge in [0.25, 0.3) is 0 Å². The molecule has 3 fully saturated rings. The first-order valence-corrected chi connectivity index (χ1v) is 11.4. The molecule has 2 bridgehead atoms. The number of para-hydroxylation sites is 1. The molecule has 1 spiro atoms. The van der Waals surface area contributed by atoms with Crippen molar-refractivity contribution in [3.8, 4) is 0 Å². The number of aromatic nitrogens is 3. The predicted molar refractivity (Wildman–Crippen MR) is 118 cm³/mol. The van der Waals surface area contributed by atoms with Crippen LogP contribution in [0.2, 0.25) is 0 Å². The standard InChI is InChI=1S/C23H27N5O6/c1-2-10-26(13-28-15-7-4-3-6-14(15)24-25-28)21(31)19-23-9-8-16(34-23)17(22(32)33)18(23)20(30)27(19)11-5-12-29/h2-4,6-7,16-19,29H,1,5,8-13H2,(H,32,33)/t16-,17+,18+,19-,23+/m1/s1. The molecule has 5 atom stereocenters. The van der Waals surface area contributed by atoms with Crippen molar-refractivity contribution in [2.24, 2.45) is 11.8 Å². The number of amides is 2. The van der Waals surface area contributed by atoms with Crippen molar-refractivity contribution in [2.75, 3.05) is 19.7 Å². The number of carboxylic acids is 1. The summed E-state index contributed by atoms with van der Waals surface area (Å²) in [5, 5.41) is 27.5. The number of carbonyl (C=O) groups is 3. The van der Waals surface area contributed by atoms with Crippen LogP contribution < -0.4 is 0 Å². The van der Waals surface area contributed by atoms with Gasteiger partial charge in [0.05, 0.1) is 23.5 Å². The van der Waals surface area contributed by atoms with Crippen LogP contribution in [-0.4, -0.2) is 90.2 Å². The Kier molecular flexibility index (Phi) is 5.61. The number of nitrogens with zero attached hydrogens (tertiary/aromatic N) is 5. The second-order valence-corrected chi connectivity index (χ2v) is 9.07. The van der Waals surface area contributed by atoms with Crippen molar-refractivity contribution in [3.05, 3.63) is 36.9 Å². The maximum absolute atomic E-state index is 14.1. The highest BCUT2D eigenvalue weighted by atomic mass is 16.5. The maximum atomic E-state index is 14.1. The lowest BCUT2D eigenvalue weighted by molar-refractivity contribution is -0.151. The minimum Gasteiger partial charge on any atom is -0.481 e. The van der Waals surface area contributed by atoms with Crippen LogP contribution in [0.15, 0.2) is 36.9 Å². The Balaban J connectivity index is 1.51. The summed E-state index contributed by atoms with van der Waals surface area (Å²) in [5.74, 6) is -3.75. The third-order valence-corrected chi connectivity index (χ3v) is 7.26. The van der Waals surface area contributed by atoms with Gasteiger partial charge in [-0.3, -0.25) is 14.4 Å². The SMILES string of the molecule is C=CCN(Cn1nnc2ccccc21)C(=O)[C@H]1N(CCCO)C(=O)[C@@H]2[C@@H](C(=O)O)[C@H]3CC[C@]21O3. The Morgan fingerprint density at radius 3 is 2.88 bits per heavy atom. The molecule has 0 radical (unpaired) electrons. The smallest absolute Gasteiger partial charge is 0.310 e. The van der Waals surface area contributed by atoms with Crippen LogP contribution in [0.4, 0.5) is 0 Å². The van der Waals surface area contributed by atoms with Gasteiger partial charge in [0.15, 0.2) is 0 Å². The molecule has 0 aliphatic carbocycles. The quantitative estimate of drug-likeness (QED) is 0.499. The van der Waals surface area contributed by atoms with Crippen LogP contribution in [0, 0.1) is 11.8 Å². The summed E-state index contributed by atoms with van der Waals surface area (Å²) >= 11 is 0. The minimum atomic E-state index is -1.19. The molecule has 3 aliphatic rings. The van der Waals surface area contributed by atoms with Crippen molar-refractivity contribution in [3.63, 3.8) is 0 Å². The van der Waals surface area contributed by atoms with E-state index in [1.807, 2.05) is 24.3 Å². The van der Waals surface area contributed by atoms with Gasteiger partial charge in [0.2, 0.25) is 11.8 Å². The number of hydrogen-bond acceptors (Lipinski definition) is 7. The maximum Gasteiger partial charge on any atom is 0.310 e. The van der Waals surface area contributed by atoms with Gasteiger partial charge in [-0.15, -0.1) is 11.7 Å². The molecular formula is C23H27N5O6. The van der Waals surface area contributed by atoms with Crippen LogP contribution in [0.3, 0.4) is 0 Å². The lowest BCUT2D eigenvalue weighted by Crippen LogP contribution is -2.56. The third kappa shape index (κ3) is 3.22. The van der Waals surface area contributed by atoms with Gasteiger partial charge < -0.3 is 24.7 Å². The molecule has 3 aliphatic heterocycles. The van der Waals surface area contributed by atoms with Crippen molar-refractivity contribution in [1.29, 1.82) is 0 Å². The highest BCUT2D eigenvalue weighted by molar-refractivity contribution is 5.98. The second kappa shape index (κ2) is 8.48. The average Bonchev–Trinajstić information content (AvgIpc) is 3.56. The number of likely N-dealkylation sites (tertiary alicyclic amines) is 1. The summed E-state index contributed by atoms with van der Waals surface area (Å²) in [4.78, 5) is 42.5. The number of aliphatic carboxylic acids is 1. The Morgan fingerprint density at radius 2 is 2.15 bits per heavy atom. The molecule has 5 rings (SSSR count). The topological polar surface area (TPSA) is 138 Å². The first-order valence-electron chi connectivity index (χ1n) is 11.4. The summed E-state index contributed by atoms with van der Waals surface area (Å²) in [5.41, 5.74) is 0.250. The number of carboxylic acid groups (broad SMARTS) is 1. The van der Waals surface area contributed by atoms with Crippen molar-refractivity contribution < 1.29 is 29.3 Å². The predicted octanol–water partition coefficient (Wildman–Crippen LogP) is 0.245. The first-order chi connectivity index (χ1) is 16.4. The molecule has 2 aromatic rings. The Labute approximate surface area is 195 Å². The highest BCUT2D eigenvalue weighted by Gasteiger charge is 2.74. The number of ether oxygens (including phenoxy) is 1. The number of benzene rings is 1. The summed E-state index contributed by atoms with van der Waals surface area (Å²) in [6.07, 6.45) is 2.18. The van der Waals surface area contributed by atoms with Gasteiger partial charge in [-0.2, -0.15) is 0 Å². The lowest BCUT2D eigenvalue weighted by Gasteiger charge is -2.36. The second-order valence-electron chi connectivity index (χ2n) is 9.07. The Morgan fingerprint density at radius 1 is 1.35 bits per heavy atom. The van der Waals surface area contributed by atoms with Gasteiger partial charge >= 0.3 is 5.97 Å². The Bertz CT molecular complexity index is 1150. The van der Waals surface area contributed by atoms with Gasteiger partial charge in [-0.25, -0.2) is 4.68 Å². The van der Waals surface area contributed by atoms with Gasteiger partial charge in [-0.1, -0.05) is 23.4 Å². The van der Waals surface area contributed by atoms with Crippen LogP contribution in [0.1, 0.15) is 19.3 Å². The molecule has 180 valence electrons. The number of rotatable bonds is 9. The molecule has 34 heavy (non-hydrogen) atoms. The van der Waals surface area contributed by atoms with E-state index in [-0.39, 0.29) is 38.7 Å². The van der Waals surface area contributed by atoms with Gasteiger partial charge in [-0.05, 0) is 31.4 Å². The third-order valence-electron chi connectivity index (χ3n) is 7.26. The molecule has 0 saturated carbocycles. The van der Waals surface area contributed by atoms with E-state index in [0.717, 1.165) is 5.52 Å². The van der Waals surface area contributed by atoms with E-state index in [9.17, 15) is 24.6 Å². The number of fused-ring (bicyclic) bond motifs is 2. The zero-order valence-electron chi connectivity index (χ0n) is 18.6. The molecule has 3 saturated heterocycles. The van der Waals surface area contributed by atoms with E-state index >= 15 is 0 Å². The summed E-state index contributed by atoms with van der Waals surface area (Å²) < 4.78 is 7.80. The fourth-order valence-electron chi connectivity index (χ4n) is 5.93. The van der Waals surface area contributed by atoms with Crippen molar-refractivity contribution in [2.45, 2.75) is 43.7 Å². The average molecular weight is 469 g/mol. The highest BCUT2D eigenvalue weighted by Crippen LogP contribution is 2.58. The van der Waals surface area contributed by atoms with E-state index in [2.05, 4.69) is 16.9 Å². The fourth-order valence-corrected chi connectivity index (χ4v) is 5.93. The molecule has 2 amide bonds. The van der Waals surface area contributed by atoms with Crippen LogP contribution in [0.25, 0.3) is 11.0 Å². The largest absolute Gasteiger partial charge is 0.481 e. The molecule has 1 aromatic heterocycles. The molecule has 2 N–H and O–H groups in total. The van der Waals surface area contributed by atoms with Crippen molar-refractivity contribution in [1.82, 2.24) is 24.8 Å². The molecular weight excluding hydrogens is 442 g/mol. The van der Waals surface area contributed by atoms with Crippen LogP contribution >= 0.6 is 0 Å². The van der Waals surface area contributed by atoms with Crippen LogP contribution in [0.5, 0.6) is 0 Å². The molecule has 1 aromatic carbocycles. The number of hydrogen-bond donors (Lipinski definition) is 2. The number of aliphatic hydroxyl groups is 1. The molecule has 4 heterocycles. The van der Waals surface area contributed by atoms with Gasteiger partial charge in [0.1, 0.15) is 23.8 Å². The first kappa shape index (κ1) is 22.5. The van der Waals surface area contributed by atoms with E-state index in [0.29, 0.717) is 18.4 Å². The molecule has 11 nitrogen and oxygen atoms in total. The summed E-state index contributed by atoms with van der Waals surface area (Å²) in [6, 6.07) is 6.40. The van der Waals surface area contributed by atoms with E-state index in [4.69, 9.17) is 4.74 Å². The van der Waals surface area contributed by atoms with E-state index in [1.54, 1.807) is 10.8 Å². The van der Waals surface area contributed by atoms with E-state index in [1.165, 1.54) is 9.80 Å². The lowest BCUT2D eigenvalue weighted by atomic mass is 9.70. The molecule has 11 heteroatoms. The number of aliphatic hydroxyl groups excluding tert-OH is 1. The monoisotopic (exact) mass is 469 g/mol.